The quantitative estimate of drug-likeness (QED) is 0.490. The number of esters is 1. The van der Waals surface area contributed by atoms with Crippen LogP contribution in [-0.2, 0) is 4.74 Å². The minimum absolute atomic E-state index is 0.0470. The van der Waals surface area contributed by atoms with E-state index in [0.29, 0.717) is 5.52 Å². The molecule has 2 aromatic heterocycles. The van der Waals surface area contributed by atoms with Gasteiger partial charge < -0.3 is 4.74 Å². The number of aromatic nitrogens is 4. The second kappa shape index (κ2) is 4.22. The second-order valence-electron chi connectivity index (χ2n) is 2.92. The fourth-order valence-corrected chi connectivity index (χ4v) is 1.12. The standard InChI is InChI=1S/C9H7BN4O2/c1-2-16-9(15)8-12-3-5-7(14-8)13-6(10)4-11-5/h3-4H,2H2,1H3. The van der Waals surface area contributed by atoms with Gasteiger partial charge >= 0.3 is 5.97 Å². The highest BCUT2D eigenvalue weighted by molar-refractivity contribution is 6.30. The highest BCUT2D eigenvalue weighted by Gasteiger charge is 2.11. The van der Waals surface area contributed by atoms with E-state index < -0.39 is 5.97 Å². The lowest BCUT2D eigenvalue weighted by molar-refractivity contribution is 0.0512. The fraction of sp³-hybridized carbons (Fsp3) is 0.222. The van der Waals surface area contributed by atoms with Crippen molar-refractivity contribution in [2.24, 2.45) is 0 Å². The molecular weight excluding hydrogens is 207 g/mol. The number of nitrogens with zero attached hydrogens (tertiary/aromatic N) is 4. The number of carbonyl (C=O) groups is 1. The molecule has 6 nitrogen and oxygen atoms in total. The summed E-state index contributed by atoms with van der Waals surface area (Å²) in [5.74, 6) is -0.636. The molecule has 0 saturated heterocycles. The molecule has 0 saturated carbocycles. The Balaban J connectivity index is 2.46. The van der Waals surface area contributed by atoms with Crippen LogP contribution in [0.4, 0.5) is 0 Å². The van der Waals surface area contributed by atoms with E-state index in [0.717, 1.165) is 0 Å². The fourth-order valence-electron chi connectivity index (χ4n) is 1.12. The zero-order valence-corrected chi connectivity index (χ0v) is 8.54. The number of carbonyl (C=O) groups excluding carboxylic acids is 1. The summed E-state index contributed by atoms with van der Waals surface area (Å²) < 4.78 is 4.76. The summed E-state index contributed by atoms with van der Waals surface area (Å²) >= 11 is 0. The molecule has 0 aliphatic rings. The number of fused-ring (bicyclic) bond motifs is 1. The summed E-state index contributed by atoms with van der Waals surface area (Å²) in [5.41, 5.74) is 0.987. The molecule has 0 amide bonds. The van der Waals surface area contributed by atoms with Crippen molar-refractivity contribution in [2.45, 2.75) is 6.92 Å². The van der Waals surface area contributed by atoms with Crippen LogP contribution in [0.25, 0.3) is 11.2 Å². The van der Waals surface area contributed by atoms with Crippen LogP contribution in [0.3, 0.4) is 0 Å². The van der Waals surface area contributed by atoms with Crippen molar-refractivity contribution in [3.63, 3.8) is 0 Å². The van der Waals surface area contributed by atoms with Crippen molar-refractivity contribution in [1.29, 1.82) is 0 Å². The van der Waals surface area contributed by atoms with Crippen LogP contribution in [0.1, 0.15) is 17.5 Å². The molecule has 2 aromatic rings. The molecule has 0 atom stereocenters. The summed E-state index contributed by atoms with van der Waals surface area (Å²) in [4.78, 5) is 27.0. The molecule has 0 unspecified atom stereocenters. The van der Waals surface area contributed by atoms with E-state index in [1.54, 1.807) is 6.92 Å². The number of ether oxygens (including phenoxy) is 1. The lowest BCUT2D eigenvalue weighted by atomic mass is 10.1. The summed E-state index contributed by atoms with van der Waals surface area (Å²) in [6.45, 7) is 1.97. The highest BCUT2D eigenvalue weighted by atomic mass is 16.5. The van der Waals surface area contributed by atoms with E-state index in [2.05, 4.69) is 19.9 Å². The van der Waals surface area contributed by atoms with Gasteiger partial charge in [-0.1, -0.05) is 0 Å². The molecule has 78 valence electrons. The molecule has 0 spiro atoms. The van der Waals surface area contributed by atoms with Crippen LogP contribution in [0.2, 0.25) is 0 Å². The third-order valence-electron chi connectivity index (χ3n) is 1.78. The average Bonchev–Trinajstić information content (AvgIpc) is 2.28. The van der Waals surface area contributed by atoms with Crippen LogP contribution >= 0.6 is 0 Å². The molecule has 2 radical (unpaired) electrons. The summed E-state index contributed by atoms with van der Waals surface area (Å²) in [6.07, 6.45) is 2.80. The third-order valence-corrected chi connectivity index (χ3v) is 1.78. The second-order valence-corrected chi connectivity index (χ2v) is 2.92. The van der Waals surface area contributed by atoms with E-state index >= 15 is 0 Å². The average molecular weight is 214 g/mol. The third kappa shape index (κ3) is 1.97. The molecule has 0 aliphatic carbocycles. The van der Waals surface area contributed by atoms with Gasteiger partial charge in [0.15, 0.2) is 5.65 Å². The first-order valence-corrected chi connectivity index (χ1v) is 4.63. The van der Waals surface area contributed by atoms with Crippen LogP contribution in [0.15, 0.2) is 12.4 Å². The predicted molar refractivity (Wildman–Crippen MR) is 56.5 cm³/mol. The zero-order valence-electron chi connectivity index (χ0n) is 8.54. The Morgan fingerprint density at radius 1 is 1.38 bits per heavy atom. The molecule has 2 heterocycles. The van der Waals surface area contributed by atoms with E-state index in [1.807, 2.05) is 0 Å². The van der Waals surface area contributed by atoms with Gasteiger partial charge in [0, 0.05) is 11.8 Å². The van der Waals surface area contributed by atoms with Gasteiger partial charge in [-0.05, 0) is 6.92 Å². The Morgan fingerprint density at radius 3 is 2.94 bits per heavy atom. The maximum absolute atomic E-state index is 11.3. The van der Waals surface area contributed by atoms with Crippen molar-refractivity contribution in [2.75, 3.05) is 6.61 Å². The molecular formula is C9H7BN4O2. The molecule has 0 fully saturated rings. The highest BCUT2D eigenvalue weighted by Crippen LogP contribution is 2.03. The first kappa shape index (κ1) is 10.5. The van der Waals surface area contributed by atoms with Crippen molar-refractivity contribution in [3.8, 4) is 0 Å². The maximum Gasteiger partial charge on any atom is 0.376 e. The maximum atomic E-state index is 11.3. The molecule has 0 aliphatic heterocycles. The Labute approximate surface area is 92.5 Å². The monoisotopic (exact) mass is 214 g/mol. The van der Waals surface area contributed by atoms with Crippen molar-refractivity contribution < 1.29 is 9.53 Å². The van der Waals surface area contributed by atoms with Crippen molar-refractivity contribution in [1.82, 2.24) is 19.9 Å². The van der Waals surface area contributed by atoms with Gasteiger partial charge in [0.25, 0.3) is 0 Å². The lowest BCUT2D eigenvalue weighted by Crippen LogP contribution is -2.13. The minimum Gasteiger partial charge on any atom is -0.460 e. The van der Waals surface area contributed by atoms with E-state index in [4.69, 9.17) is 12.6 Å². The summed E-state index contributed by atoms with van der Waals surface area (Å²) in [7, 11) is 5.46. The molecule has 0 aromatic carbocycles. The number of hydrogen-bond donors (Lipinski definition) is 0. The van der Waals surface area contributed by atoms with Gasteiger partial charge in [0.05, 0.1) is 12.8 Å². The predicted octanol–water partition coefficient (Wildman–Crippen LogP) is -0.610. The Morgan fingerprint density at radius 2 is 2.19 bits per heavy atom. The van der Waals surface area contributed by atoms with Gasteiger partial charge in [-0.3, -0.25) is 4.98 Å². The van der Waals surface area contributed by atoms with E-state index in [9.17, 15) is 4.79 Å². The Kier molecular flexibility index (Phi) is 2.76. The normalized spacial score (nSPS) is 10.3. The molecule has 0 bridgehead atoms. The Bertz CT molecular complexity index is 546. The summed E-state index contributed by atoms with van der Waals surface area (Å²) in [5, 5.41) is 0. The van der Waals surface area contributed by atoms with Crippen molar-refractivity contribution in [3.05, 3.63) is 18.2 Å². The van der Waals surface area contributed by atoms with Crippen LogP contribution in [0.5, 0.6) is 0 Å². The van der Waals surface area contributed by atoms with Gasteiger partial charge in [-0.25, -0.2) is 19.7 Å². The summed E-state index contributed by atoms with van der Waals surface area (Å²) in [6, 6.07) is 0. The molecule has 7 heteroatoms. The molecule has 16 heavy (non-hydrogen) atoms. The van der Waals surface area contributed by atoms with Crippen LogP contribution in [-0.4, -0.2) is 40.4 Å². The van der Waals surface area contributed by atoms with E-state index in [-0.39, 0.29) is 23.7 Å². The smallest absolute Gasteiger partial charge is 0.376 e. The number of rotatable bonds is 2. The van der Waals surface area contributed by atoms with Crippen molar-refractivity contribution >= 4 is 30.6 Å². The topological polar surface area (TPSA) is 77.9 Å². The van der Waals surface area contributed by atoms with Gasteiger partial charge in [-0.2, -0.15) is 0 Å². The number of hydrogen-bond acceptors (Lipinski definition) is 6. The van der Waals surface area contributed by atoms with Gasteiger partial charge in [0.2, 0.25) is 5.82 Å². The van der Waals surface area contributed by atoms with E-state index in [1.165, 1.54) is 12.4 Å². The van der Waals surface area contributed by atoms with Crippen LogP contribution in [0, 0.1) is 0 Å². The molecule has 0 N–H and O–H groups in total. The van der Waals surface area contributed by atoms with Crippen LogP contribution < -0.4 is 5.59 Å². The first-order valence-electron chi connectivity index (χ1n) is 4.63. The van der Waals surface area contributed by atoms with Gasteiger partial charge in [-0.15, -0.1) is 0 Å². The zero-order chi connectivity index (χ0) is 11.5. The lowest BCUT2D eigenvalue weighted by Gasteiger charge is -2.01. The Hall–Kier alpha value is -2.05. The largest absolute Gasteiger partial charge is 0.460 e. The SMILES string of the molecule is [B]c1cnc2cnc(C(=O)OCC)nc2n1. The molecule has 2 rings (SSSR count). The van der Waals surface area contributed by atoms with Gasteiger partial charge in [0.1, 0.15) is 13.4 Å². The first-order chi connectivity index (χ1) is 7.70. The minimum atomic E-state index is -0.589.